The number of hydrogen-bond acceptors (Lipinski definition) is 3. The number of ether oxygens (including phenoxy) is 1. The van der Waals surface area contributed by atoms with Crippen LogP contribution in [0.4, 0.5) is 4.79 Å². The number of benzene rings is 2. The van der Waals surface area contributed by atoms with Gasteiger partial charge in [-0.2, -0.15) is 0 Å². The summed E-state index contributed by atoms with van der Waals surface area (Å²) in [5, 5.41) is 6.15. The van der Waals surface area contributed by atoms with Gasteiger partial charge in [-0.05, 0) is 55.8 Å². The van der Waals surface area contributed by atoms with Crippen LogP contribution in [0, 0.1) is 0 Å². The van der Waals surface area contributed by atoms with Gasteiger partial charge in [0.15, 0.2) is 0 Å². The topological polar surface area (TPSA) is 70.7 Å². The van der Waals surface area contributed by atoms with Crippen molar-refractivity contribution in [1.82, 2.24) is 15.5 Å². The van der Waals surface area contributed by atoms with Crippen molar-refractivity contribution in [3.05, 3.63) is 64.7 Å². The van der Waals surface area contributed by atoms with Crippen LogP contribution in [0.1, 0.15) is 29.8 Å². The Hall–Kier alpha value is -2.73. The number of carbonyl (C=O) groups excluding carboxylic acids is 2. The highest BCUT2D eigenvalue weighted by atomic mass is 35.5. The van der Waals surface area contributed by atoms with E-state index in [2.05, 4.69) is 10.6 Å². The van der Waals surface area contributed by atoms with Crippen LogP contribution in [0.3, 0.4) is 0 Å². The fourth-order valence-corrected chi connectivity index (χ4v) is 2.44. The predicted octanol–water partition coefficient (Wildman–Crippen LogP) is 3.70. The van der Waals surface area contributed by atoms with Gasteiger partial charge in [0, 0.05) is 30.2 Å². The zero-order valence-electron chi connectivity index (χ0n) is 16.4. The molecule has 0 heterocycles. The largest absolute Gasteiger partial charge is 0.492 e. The van der Waals surface area contributed by atoms with Gasteiger partial charge in [-0.15, -0.1) is 0 Å². The molecule has 0 unspecified atom stereocenters. The number of hydrogen-bond donors (Lipinski definition) is 2. The van der Waals surface area contributed by atoms with E-state index in [0.717, 1.165) is 5.56 Å². The van der Waals surface area contributed by atoms with Gasteiger partial charge < -0.3 is 20.3 Å². The van der Waals surface area contributed by atoms with Crippen molar-refractivity contribution in [1.29, 1.82) is 0 Å². The standard InChI is InChI=1S/C21H26ClN3O3/c1-15(2)25(3)20(26)17-6-4-16(5-7-17)14-24-21(27)23-12-13-28-19-10-8-18(22)9-11-19/h4-11,15H,12-14H2,1-3H3,(H2,23,24,27). The molecule has 0 radical (unpaired) electrons. The molecule has 0 fully saturated rings. The minimum absolute atomic E-state index is 0.0204. The molecule has 0 aliphatic rings. The van der Waals surface area contributed by atoms with Crippen molar-refractivity contribution in [3.8, 4) is 5.75 Å². The first-order valence-corrected chi connectivity index (χ1v) is 9.51. The first kappa shape index (κ1) is 21.6. The summed E-state index contributed by atoms with van der Waals surface area (Å²) in [6.07, 6.45) is 0. The van der Waals surface area contributed by atoms with Gasteiger partial charge in [-0.3, -0.25) is 4.79 Å². The van der Waals surface area contributed by atoms with Gasteiger partial charge in [0.25, 0.3) is 5.91 Å². The molecule has 0 spiro atoms. The molecule has 0 saturated heterocycles. The highest BCUT2D eigenvalue weighted by Crippen LogP contribution is 2.15. The molecule has 0 atom stereocenters. The average molecular weight is 404 g/mol. The van der Waals surface area contributed by atoms with Gasteiger partial charge in [-0.25, -0.2) is 4.79 Å². The van der Waals surface area contributed by atoms with E-state index >= 15 is 0 Å². The van der Waals surface area contributed by atoms with E-state index in [-0.39, 0.29) is 18.0 Å². The molecular formula is C21H26ClN3O3. The smallest absolute Gasteiger partial charge is 0.315 e. The summed E-state index contributed by atoms with van der Waals surface area (Å²) in [6.45, 7) is 5.04. The quantitative estimate of drug-likeness (QED) is 0.660. The lowest BCUT2D eigenvalue weighted by Crippen LogP contribution is -2.37. The molecule has 150 valence electrons. The number of rotatable bonds is 8. The Balaban J connectivity index is 1.69. The van der Waals surface area contributed by atoms with E-state index in [0.29, 0.717) is 36.0 Å². The maximum Gasteiger partial charge on any atom is 0.315 e. The van der Waals surface area contributed by atoms with Gasteiger partial charge in [0.2, 0.25) is 0 Å². The Labute approximate surface area is 170 Å². The molecule has 0 aromatic heterocycles. The summed E-state index contributed by atoms with van der Waals surface area (Å²) in [5.74, 6) is 0.678. The molecule has 0 saturated carbocycles. The molecule has 2 rings (SSSR count). The van der Waals surface area contributed by atoms with E-state index in [1.54, 1.807) is 48.3 Å². The Morgan fingerprint density at radius 2 is 1.68 bits per heavy atom. The number of halogens is 1. The van der Waals surface area contributed by atoms with E-state index < -0.39 is 0 Å². The van der Waals surface area contributed by atoms with E-state index in [4.69, 9.17) is 16.3 Å². The summed E-state index contributed by atoms with van der Waals surface area (Å²) in [5.41, 5.74) is 1.54. The molecule has 6 nitrogen and oxygen atoms in total. The van der Waals surface area contributed by atoms with Crippen LogP contribution in [-0.4, -0.2) is 43.1 Å². The fraction of sp³-hybridized carbons (Fsp3) is 0.333. The maximum absolute atomic E-state index is 12.3. The second-order valence-electron chi connectivity index (χ2n) is 6.62. The monoisotopic (exact) mass is 403 g/mol. The maximum atomic E-state index is 12.3. The van der Waals surface area contributed by atoms with E-state index in [9.17, 15) is 9.59 Å². The summed E-state index contributed by atoms with van der Waals surface area (Å²) in [4.78, 5) is 25.8. The normalized spacial score (nSPS) is 10.5. The fourth-order valence-electron chi connectivity index (χ4n) is 2.31. The van der Waals surface area contributed by atoms with Crippen molar-refractivity contribution in [2.45, 2.75) is 26.4 Å². The lowest BCUT2D eigenvalue weighted by Gasteiger charge is -2.21. The Bertz CT molecular complexity index is 776. The molecule has 2 aromatic rings. The second-order valence-corrected chi connectivity index (χ2v) is 7.06. The summed E-state index contributed by atoms with van der Waals surface area (Å²) >= 11 is 5.81. The molecule has 3 amide bonds. The van der Waals surface area contributed by atoms with Crippen LogP contribution < -0.4 is 15.4 Å². The molecular weight excluding hydrogens is 378 g/mol. The minimum atomic E-state index is -0.278. The highest BCUT2D eigenvalue weighted by Gasteiger charge is 2.13. The van der Waals surface area contributed by atoms with Gasteiger partial charge in [0.1, 0.15) is 12.4 Å². The first-order valence-electron chi connectivity index (χ1n) is 9.13. The van der Waals surface area contributed by atoms with Crippen molar-refractivity contribution < 1.29 is 14.3 Å². The molecule has 2 aromatic carbocycles. The highest BCUT2D eigenvalue weighted by molar-refractivity contribution is 6.30. The Kier molecular flexibility index (Phi) is 8.14. The van der Waals surface area contributed by atoms with Crippen molar-refractivity contribution in [2.75, 3.05) is 20.2 Å². The number of amides is 3. The van der Waals surface area contributed by atoms with Crippen LogP contribution in [-0.2, 0) is 6.54 Å². The van der Waals surface area contributed by atoms with E-state index in [1.807, 2.05) is 26.0 Å². The third kappa shape index (κ3) is 6.78. The third-order valence-electron chi connectivity index (χ3n) is 4.22. The number of carbonyl (C=O) groups is 2. The van der Waals surface area contributed by atoms with Crippen molar-refractivity contribution >= 4 is 23.5 Å². The van der Waals surface area contributed by atoms with Crippen LogP contribution in [0.15, 0.2) is 48.5 Å². The van der Waals surface area contributed by atoms with Crippen LogP contribution in [0.25, 0.3) is 0 Å². The number of nitrogens with one attached hydrogen (secondary N) is 2. The SMILES string of the molecule is CC(C)N(C)C(=O)c1ccc(CNC(=O)NCCOc2ccc(Cl)cc2)cc1. The lowest BCUT2D eigenvalue weighted by molar-refractivity contribution is 0.0755. The van der Waals surface area contributed by atoms with Crippen LogP contribution in [0.5, 0.6) is 5.75 Å². The molecule has 0 aliphatic heterocycles. The molecule has 0 bridgehead atoms. The van der Waals surface area contributed by atoms with Crippen LogP contribution in [0.2, 0.25) is 5.02 Å². The van der Waals surface area contributed by atoms with Crippen LogP contribution >= 0.6 is 11.6 Å². The van der Waals surface area contributed by atoms with E-state index in [1.165, 1.54) is 0 Å². The summed E-state index contributed by atoms with van der Waals surface area (Å²) in [7, 11) is 1.78. The Morgan fingerprint density at radius 1 is 1.04 bits per heavy atom. The molecule has 2 N–H and O–H groups in total. The lowest BCUT2D eigenvalue weighted by atomic mass is 10.1. The zero-order chi connectivity index (χ0) is 20.5. The summed E-state index contributed by atoms with van der Waals surface area (Å²) in [6, 6.07) is 14.1. The van der Waals surface area contributed by atoms with Crippen molar-refractivity contribution in [3.63, 3.8) is 0 Å². The molecule has 28 heavy (non-hydrogen) atoms. The molecule has 7 heteroatoms. The number of nitrogens with zero attached hydrogens (tertiary/aromatic N) is 1. The van der Waals surface area contributed by atoms with Gasteiger partial charge >= 0.3 is 6.03 Å². The van der Waals surface area contributed by atoms with Gasteiger partial charge in [0.05, 0.1) is 6.54 Å². The third-order valence-corrected chi connectivity index (χ3v) is 4.47. The average Bonchev–Trinajstić information content (AvgIpc) is 2.70. The molecule has 0 aliphatic carbocycles. The van der Waals surface area contributed by atoms with Crippen molar-refractivity contribution in [2.24, 2.45) is 0 Å². The summed E-state index contributed by atoms with van der Waals surface area (Å²) < 4.78 is 5.51. The van der Waals surface area contributed by atoms with Gasteiger partial charge in [-0.1, -0.05) is 23.7 Å². The predicted molar refractivity (Wildman–Crippen MR) is 111 cm³/mol. The zero-order valence-corrected chi connectivity index (χ0v) is 17.1. The minimum Gasteiger partial charge on any atom is -0.492 e. The Morgan fingerprint density at radius 3 is 2.29 bits per heavy atom. The number of urea groups is 1. The second kappa shape index (κ2) is 10.6. The first-order chi connectivity index (χ1) is 13.4.